The molecular weight excluding hydrogens is 499 g/mol. The summed E-state index contributed by atoms with van der Waals surface area (Å²) in [4.78, 5) is 19.5. The molecule has 0 bridgehead atoms. The molecule has 3 rings (SSSR count). The SMILES string of the molecule is CCNC(=NCC1(O)CCCCC1)NC1CCC(C(=O)N2CCSCC2)CC1.I. The molecule has 2 saturated carbocycles. The Morgan fingerprint density at radius 2 is 1.79 bits per heavy atom. The number of thioether (sulfide) groups is 1. The highest BCUT2D eigenvalue weighted by atomic mass is 127. The molecule has 1 aliphatic heterocycles. The van der Waals surface area contributed by atoms with Crippen LogP contribution in [0.15, 0.2) is 4.99 Å². The summed E-state index contributed by atoms with van der Waals surface area (Å²) in [6.45, 7) is 5.19. The highest BCUT2D eigenvalue weighted by molar-refractivity contribution is 14.0. The average Bonchev–Trinajstić information content (AvgIpc) is 2.73. The fourth-order valence-electron chi connectivity index (χ4n) is 4.63. The number of aliphatic imine (C=N–C) groups is 1. The number of rotatable bonds is 5. The van der Waals surface area contributed by atoms with Crippen LogP contribution in [0.2, 0.25) is 0 Å². The van der Waals surface area contributed by atoms with E-state index in [1.807, 2.05) is 11.8 Å². The Balaban J connectivity index is 0.00000300. The number of hydrogen-bond donors (Lipinski definition) is 3. The van der Waals surface area contributed by atoms with E-state index in [0.717, 1.165) is 88.5 Å². The van der Waals surface area contributed by atoms with Crippen molar-refractivity contribution in [2.24, 2.45) is 10.9 Å². The van der Waals surface area contributed by atoms with Gasteiger partial charge in [0, 0.05) is 43.1 Å². The molecular formula is C21H39IN4O2S. The van der Waals surface area contributed by atoms with E-state index in [0.29, 0.717) is 18.5 Å². The van der Waals surface area contributed by atoms with Crippen molar-refractivity contribution in [1.82, 2.24) is 15.5 Å². The van der Waals surface area contributed by atoms with Crippen LogP contribution in [0.1, 0.15) is 64.7 Å². The minimum absolute atomic E-state index is 0. The predicted octanol–water partition coefficient (Wildman–Crippen LogP) is 2.99. The fraction of sp³-hybridized carbons (Fsp3) is 0.905. The summed E-state index contributed by atoms with van der Waals surface area (Å²) in [5.74, 6) is 3.54. The Hall–Kier alpha value is -0.220. The van der Waals surface area contributed by atoms with Crippen LogP contribution in [0.3, 0.4) is 0 Å². The molecule has 0 aromatic carbocycles. The van der Waals surface area contributed by atoms with Crippen LogP contribution in [-0.4, -0.2) is 71.2 Å². The van der Waals surface area contributed by atoms with Gasteiger partial charge < -0.3 is 20.6 Å². The number of nitrogens with zero attached hydrogens (tertiary/aromatic N) is 2. The van der Waals surface area contributed by atoms with Gasteiger partial charge >= 0.3 is 0 Å². The van der Waals surface area contributed by atoms with Crippen molar-refractivity contribution in [2.75, 3.05) is 37.7 Å². The highest BCUT2D eigenvalue weighted by Gasteiger charge is 2.31. The maximum Gasteiger partial charge on any atom is 0.225 e. The zero-order chi connectivity index (χ0) is 19.8. The third-order valence-electron chi connectivity index (χ3n) is 6.40. The van der Waals surface area contributed by atoms with Crippen LogP contribution in [0, 0.1) is 5.92 Å². The standard InChI is InChI=1S/C21H38N4O2S.HI/c1-2-22-20(23-16-21(27)10-4-3-5-11-21)24-18-8-6-17(7-9-18)19(26)25-12-14-28-15-13-25;/h17-18,27H,2-16H2,1H3,(H2,22,23,24);1H. The zero-order valence-corrected chi connectivity index (χ0v) is 21.0. The second kappa shape index (κ2) is 12.6. The summed E-state index contributed by atoms with van der Waals surface area (Å²) in [5, 5.41) is 17.6. The Bertz CT molecular complexity index is 529. The number of aliphatic hydroxyl groups is 1. The molecule has 0 spiro atoms. The van der Waals surface area contributed by atoms with Crippen molar-refractivity contribution < 1.29 is 9.90 Å². The smallest absolute Gasteiger partial charge is 0.225 e. The van der Waals surface area contributed by atoms with Crippen LogP contribution in [0.25, 0.3) is 0 Å². The van der Waals surface area contributed by atoms with Gasteiger partial charge in [0.2, 0.25) is 5.91 Å². The quantitative estimate of drug-likeness (QED) is 0.285. The lowest BCUT2D eigenvalue weighted by molar-refractivity contribution is -0.136. The topological polar surface area (TPSA) is 77.0 Å². The molecule has 1 saturated heterocycles. The molecule has 0 unspecified atom stereocenters. The first-order chi connectivity index (χ1) is 13.6. The summed E-state index contributed by atoms with van der Waals surface area (Å²) < 4.78 is 0. The van der Waals surface area contributed by atoms with E-state index in [-0.39, 0.29) is 29.9 Å². The van der Waals surface area contributed by atoms with Gasteiger partial charge in [0.25, 0.3) is 0 Å². The van der Waals surface area contributed by atoms with Gasteiger partial charge in [-0.3, -0.25) is 9.79 Å². The van der Waals surface area contributed by atoms with Crippen molar-refractivity contribution in [3.05, 3.63) is 0 Å². The normalized spacial score (nSPS) is 27.7. The van der Waals surface area contributed by atoms with E-state index in [1.54, 1.807) is 0 Å². The molecule has 168 valence electrons. The molecule has 3 N–H and O–H groups in total. The van der Waals surface area contributed by atoms with Crippen molar-refractivity contribution in [1.29, 1.82) is 0 Å². The zero-order valence-electron chi connectivity index (χ0n) is 17.8. The average molecular weight is 539 g/mol. The summed E-state index contributed by atoms with van der Waals surface area (Å²) in [7, 11) is 0. The molecule has 29 heavy (non-hydrogen) atoms. The summed E-state index contributed by atoms with van der Waals surface area (Å²) in [5.41, 5.74) is -0.628. The van der Waals surface area contributed by atoms with Gasteiger partial charge in [-0.05, 0) is 45.4 Å². The second-order valence-corrected chi connectivity index (χ2v) is 9.84. The van der Waals surface area contributed by atoms with Crippen molar-refractivity contribution in [2.45, 2.75) is 76.4 Å². The van der Waals surface area contributed by atoms with Gasteiger partial charge in [-0.25, -0.2) is 0 Å². The number of nitrogens with one attached hydrogen (secondary N) is 2. The van der Waals surface area contributed by atoms with E-state index in [1.165, 1.54) is 6.42 Å². The first kappa shape index (κ1) is 25.0. The van der Waals surface area contributed by atoms with Crippen LogP contribution in [-0.2, 0) is 4.79 Å². The maximum atomic E-state index is 12.7. The largest absolute Gasteiger partial charge is 0.388 e. The fourth-order valence-corrected chi connectivity index (χ4v) is 5.54. The van der Waals surface area contributed by atoms with Gasteiger partial charge in [0.05, 0.1) is 12.1 Å². The first-order valence-corrected chi connectivity index (χ1v) is 12.4. The molecule has 3 aliphatic rings. The molecule has 8 heteroatoms. The monoisotopic (exact) mass is 538 g/mol. The molecule has 3 fully saturated rings. The lowest BCUT2D eigenvalue weighted by atomic mass is 9.85. The number of halogens is 1. The van der Waals surface area contributed by atoms with Crippen LogP contribution in [0.4, 0.5) is 0 Å². The van der Waals surface area contributed by atoms with Crippen molar-refractivity contribution in [3.63, 3.8) is 0 Å². The Kier molecular flexibility index (Phi) is 10.9. The lowest BCUT2D eigenvalue weighted by Gasteiger charge is -2.34. The molecule has 0 aromatic rings. The van der Waals surface area contributed by atoms with Crippen LogP contribution >= 0.6 is 35.7 Å². The molecule has 2 aliphatic carbocycles. The van der Waals surface area contributed by atoms with E-state index >= 15 is 0 Å². The highest BCUT2D eigenvalue weighted by Crippen LogP contribution is 2.29. The van der Waals surface area contributed by atoms with Crippen molar-refractivity contribution in [3.8, 4) is 0 Å². The third kappa shape index (κ3) is 7.76. The number of guanidine groups is 1. The number of carbonyl (C=O) groups excluding carboxylic acids is 1. The summed E-state index contributed by atoms with van der Waals surface area (Å²) in [6, 6.07) is 0.361. The molecule has 0 aromatic heterocycles. The van der Waals surface area contributed by atoms with Gasteiger partial charge in [-0.2, -0.15) is 11.8 Å². The minimum Gasteiger partial charge on any atom is -0.388 e. The number of hydrogen-bond acceptors (Lipinski definition) is 4. The van der Waals surface area contributed by atoms with Crippen LogP contribution in [0.5, 0.6) is 0 Å². The van der Waals surface area contributed by atoms with Gasteiger partial charge in [0.15, 0.2) is 5.96 Å². The third-order valence-corrected chi connectivity index (χ3v) is 7.34. The maximum absolute atomic E-state index is 12.7. The molecule has 1 heterocycles. The van der Waals surface area contributed by atoms with Crippen molar-refractivity contribution >= 4 is 47.6 Å². The summed E-state index contributed by atoms with van der Waals surface area (Å²) >= 11 is 1.95. The summed E-state index contributed by atoms with van der Waals surface area (Å²) in [6.07, 6.45) is 9.08. The van der Waals surface area contributed by atoms with E-state index in [4.69, 9.17) is 4.99 Å². The second-order valence-electron chi connectivity index (χ2n) is 8.61. The van der Waals surface area contributed by atoms with Gasteiger partial charge in [0.1, 0.15) is 0 Å². The molecule has 0 atom stereocenters. The molecule has 1 amide bonds. The number of carbonyl (C=O) groups is 1. The Labute approximate surface area is 197 Å². The van der Waals surface area contributed by atoms with Crippen LogP contribution < -0.4 is 10.6 Å². The minimum atomic E-state index is -0.628. The van der Waals surface area contributed by atoms with Gasteiger partial charge in [-0.1, -0.05) is 19.3 Å². The predicted molar refractivity (Wildman–Crippen MR) is 132 cm³/mol. The first-order valence-electron chi connectivity index (χ1n) is 11.2. The van der Waals surface area contributed by atoms with E-state index < -0.39 is 5.60 Å². The lowest BCUT2D eigenvalue weighted by Crippen LogP contribution is -2.48. The molecule has 6 nitrogen and oxygen atoms in total. The molecule has 0 radical (unpaired) electrons. The Morgan fingerprint density at radius 3 is 2.41 bits per heavy atom. The number of amides is 1. The Morgan fingerprint density at radius 1 is 1.14 bits per heavy atom. The van der Waals surface area contributed by atoms with E-state index in [2.05, 4.69) is 22.5 Å². The van der Waals surface area contributed by atoms with Gasteiger partial charge in [-0.15, -0.1) is 24.0 Å². The van der Waals surface area contributed by atoms with E-state index in [9.17, 15) is 9.90 Å².